The normalized spacial score (nSPS) is 14.2. The molecule has 1 amide bonds. The van der Waals surface area contributed by atoms with E-state index in [9.17, 15) is 9.90 Å². The van der Waals surface area contributed by atoms with Gasteiger partial charge in [-0.05, 0) is 38.1 Å². The number of carbonyl (C=O) groups is 1. The lowest BCUT2D eigenvalue weighted by Crippen LogP contribution is -2.53. The van der Waals surface area contributed by atoms with Crippen molar-refractivity contribution < 1.29 is 19.2 Å². The van der Waals surface area contributed by atoms with Gasteiger partial charge in [-0.3, -0.25) is 4.79 Å². The lowest BCUT2D eigenvalue weighted by Gasteiger charge is -2.35. The highest BCUT2D eigenvalue weighted by molar-refractivity contribution is 6.30. The third kappa shape index (κ3) is 3.14. The van der Waals surface area contributed by atoms with Gasteiger partial charge in [0, 0.05) is 25.2 Å². The van der Waals surface area contributed by atoms with Crippen molar-refractivity contribution in [3.8, 4) is 22.9 Å². The molecule has 28 heavy (non-hydrogen) atoms. The third-order valence-electron chi connectivity index (χ3n) is 4.66. The SMILES string of the molecule is Cc1nn(C)c(Oc2ccc(Cl)cc2)c1-c1noc(C)c1C(=O)N1CC(O)C1. The molecule has 2 aromatic heterocycles. The van der Waals surface area contributed by atoms with Crippen molar-refractivity contribution in [2.45, 2.75) is 20.0 Å². The Kier molecular flexibility index (Phi) is 4.60. The second-order valence-electron chi connectivity index (χ2n) is 6.77. The first-order valence-corrected chi connectivity index (χ1v) is 9.14. The zero-order chi connectivity index (χ0) is 20.0. The molecule has 0 saturated carbocycles. The molecule has 1 N–H and O–H groups in total. The van der Waals surface area contributed by atoms with Crippen molar-refractivity contribution in [2.75, 3.05) is 13.1 Å². The number of rotatable bonds is 4. The van der Waals surface area contributed by atoms with E-state index < -0.39 is 6.10 Å². The number of hydrogen-bond donors (Lipinski definition) is 1. The average molecular weight is 403 g/mol. The van der Waals surface area contributed by atoms with E-state index in [2.05, 4.69) is 10.3 Å². The van der Waals surface area contributed by atoms with Gasteiger partial charge in [0.1, 0.15) is 22.8 Å². The van der Waals surface area contributed by atoms with E-state index in [1.807, 2.05) is 6.92 Å². The molecule has 1 saturated heterocycles. The van der Waals surface area contributed by atoms with E-state index in [0.29, 0.717) is 58.0 Å². The Morgan fingerprint density at radius 1 is 1.29 bits per heavy atom. The monoisotopic (exact) mass is 402 g/mol. The summed E-state index contributed by atoms with van der Waals surface area (Å²) in [6.45, 7) is 4.09. The maximum Gasteiger partial charge on any atom is 0.259 e. The van der Waals surface area contributed by atoms with Crippen LogP contribution in [0.15, 0.2) is 28.8 Å². The van der Waals surface area contributed by atoms with E-state index in [0.717, 1.165) is 0 Å². The molecule has 3 heterocycles. The van der Waals surface area contributed by atoms with Crippen LogP contribution in [-0.4, -0.2) is 50.0 Å². The lowest BCUT2D eigenvalue weighted by atomic mass is 10.0. The number of β-amino-alcohol motifs (C(OH)–C–C–N with tert-alkyl or cyclic N) is 1. The number of aromatic nitrogens is 3. The van der Waals surface area contributed by atoms with Gasteiger partial charge in [0.25, 0.3) is 5.91 Å². The van der Waals surface area contributed by atoms with Crippen molar-refractivity contribution in [3.63, 3.8) is 0 Å². The van der Waals surface area contributed by atoms with Crippen molar-refractivity contribution in [1.29, 1.82) is 0 Å². The second kappa shape index (κ2) is 6.96. The van der Waals surface area contributed by atoms with E-state index in [4.69, 9.17) is 20.9 Å². The average Bonchev–Trinajstić information content (AvgIpc) is 3.13. The minimum Gasteiger partial charge on any atom is -0.439 e. The van der Waals surface area contributed by atoms with E-state index >= 15 is 0 Å². The smallest absolute Gasteiger partial charge is 0.259 e. The Hall–Kier alpha value is -2.84. The summed E-state index contributed by atoms with van der Waals surface area (Å²) in [5, 5.41) is 18.7. The van der Waals surface area contributed by atoms with Crippen LogP contribution in [0, 0.1) is 13.8 Å². The van der Waals surface area contributed by atoms with E-state index in [1.165, 1.54) is 0 Å². The fraction of sp³-hybridized carbons (Fsp3) is 0.316. The summed E-state index contributed by atoms with van der Waals surface area (Å²) < 4.78 is 12.9. The van der Waals surface area contributed by atoms with Crippen LogP contribution >= 0.6 is 11.6 Å². The molecule has 0 spiro atoms. The maximum absolute atomic E-state index is 12.9. The number of aliphatic hydroxyl groups excluding tert-OH is 1. The lowest BCUT2D eigenvalue weighted by molar-refractivity contribution is 0.00582. The van der Waals surface area contributed by atoms with E-state index in [1.54, 1.807) is 47.8 Å². The third-order valence-corrected chi connectivity index (χ3v) is 4.91. The van der Waals surface area contributed by atoms with E-state index in [-0.39, 0.29) is 5.91 Å². The minimum atomic E-state index is -0.489. The molecule has 0 atom stereocenters. The molecule has 9 heteroatoms. The van der Waals surface area contributed by atoms with Crippen LogP contribution in [0.2, 0.25) is 5.02 Å². The largest absolute Gasteiger partial charge is 0.439 e. The summed E-state index contributed by atoms with van der Waals surface area (Å²) in [6.07, 6.45) is -0.489. The van der Waals surface area contributed by atoms with Gasteiger partial charge in [0.05, 0.1) is 17.4 Å². The van der Waals surface area contributed by atoms with Crippen LogP contribution in [0.1, 0.15) is 21.8 Å². The van der Waals surface area contributed by atoms with Gasteiger partial charge >= 0.3 is 0 Å². The summed E-state index contributed by atoms with van der Waals surface area (Å²) in [5.41, 5.74) is 1.96. The number of nitrogens with zero attached hydrogens (tertiary/aromatic N) is 4. The first-order valence-electron chi connectivity index (χ1n) is 8.76. The summed E-state index contributed by atoms with van der Waals surface area (Å²) >= 11 is 5.94. The molecule has 0 aliphatic carbocycles. The number of aliphatic hydroxyl groups is 1. The Balaban J connectivity index is 1.76. The molecule has 4 rings (SSSR count). The molecule has 1 aliphatic heterocycles. The molecule has 1 aromatic carbocycles. The van der Waals surface area contributed by atoms with Crippen molar-refractivity contribution >= 4 is 17.5 Å². The maximum atomic E-state index is 12.9. The molecule has 0 unspecified atom stereocenters. The number of hydrogen-bond acceptors (Lipinski definition) is 6. The first kappa shape index (κ1) is 18.5. The van der Waals surface area contributed by atoms with Crippen molar-refractivity contribution in [3.05, 3.63) is 46.3 Å². The Morgan fingerprint density at radius 2 is 1.96 bits per heavy atom. The van der Waals surface area contributed by atoms with Crippen LogP contribution in [0.25, 0.3) is 11.3 Å². The number of ether oxygens (including phenoxy) is 1. The predicted octanol–water partition coefficient (Wildman–Crippen LogP) is 2.95. The number of amides is 1. The summed E-state index contributed by atoms with van der Waals surface area (Å²) in [7, 11) is 1.75. The van der Waals surface area contributed by atoms with Gasteiger partial charge in [0.2, 0.25) is 5.88 Å². The minimum absolute atomic E-state index is 0.236. The number of halogens is 1. The summed E-state index contributed by atoms with van der Waals surface area (Å²) in [6, 6.07) is 6.94. The van der Waals surface area contributed by atoms with Crippen molar-refractivity contribution in [1.82, 2.24) is 19.8 Å². The molecule has 1 fully saturated rings. The number of carbonyl (C=O) groups excluding carboxylic acids is 1. The van der Waals surface area contributed by atoms with Gasteiger partial charge in [-0.25, -0.2) is 4.68 Å². The van der Waals surface area contributed by atoms with Crippen LogP contribution in [0.5, 0.6) is 11.6 Å². The molecule has 8 nitrogen and oxygen atoms in total. The molecule has 146 valence electrons. The Morgan fingerprint density at radius 3 is 2.61 bits per heavy atom. The van der Waals surface area contributed by atoms with Gasteiger partial charge < -0.3 is 19.3 Å². The van der Waals surface area contributed by atoms with Gasteiger partial charge in [-0.1, -0.05) is 16.8 Å². The Labute approximate surface area is 166 Å². The zero-order valence-electron chi connectivity index (χ0n) is 15.6. The fourth-order valence-corrected chi connectivity index (χ4v) is 3.34. The highest BCUT2D eigenvalue weighted by atomic mass is 35.5. The summed E-state index contributed by atoms with van der Waals surface area (Å²) in [5.74, 6) is 1.18. The van der Waals surface area contributed by atoms with Crippen LogP contribution < -0.4 is 4.74 Å². The van der Waals surface area contributed by atoms with Crippen LogP contribution in [0.4, 0.5) is 0 Å². The summed E-state index contributed by atoms with van der Waals surface area (Å²) in [4.78, 5) is 14.5. The fourth-order valence-electron chi connectivity index (χ4n) is 3.21. The molecule has 1 aliphatic rings. The molecular formula is C19H19ClN4O4. The molecule has 3 aromatic rings. The van der Waals surface area contributed by atoms with Gasteiger partial charge in [-0.15, -0.1) is 0 Å². The van der Waals surface area contributed by atoms with Crippen LogP contribution in [-0.2, 0) is 7.05 Å². The van der Waals surface area contributed by atoms with Gasteiger partial charge in [-0.2, -0.15) is 5.10 Å². The molecule has 0 bridgehead atoms. The topological polar surface area (TPSA) is 93.6 Å². The quantitative estimate of drug-likeness (QED) is 0.721. The van der Waals surface area contributed by atoms with Gasteiger partial charge in [0.15, 0.2) is 0 Å². The van der Waals surface area contributed by atoms with Crippen LogP contribution in [0.3, 0.4) is 0 Å². The van der Waals surface area contributed by atoms with Crippen molar-refractivity contribution in [2.24, 2.45) is 7.05 Å². The zero-order valence-corrected chi connectivity index (χ0v) is 16.4. The first-order chi connectivity index (χ1) is 13.3. The number of benzene rings is 1. The molecule has 0 radical (unpaired) electrons. The Bertz CT molecular complexity index is 1040. The standard InChI is InChI=1S/C19H19ClN4O4/c1-10-15(19(23(3)21-10)27-14-6-4-12(20)5-7-14)17-16(11(2)28-22-17)18(26)24-8-13(25)9-24/h4-7,13,25H,8-9H2,1-3H3. The second-order valence-corrected chi connectivity index (χ2v) is 7.21. The number of aryl methyl sites for hydroxylation is 3. The highest BCUT2D eigenvalue weighted by Crippen LogP contribution is 2.38. The number of likely N-dealkylation sites (tertiary alicyclic amines) is 1. The molecular weight excluding hydrogens is 384 g/mol. The predicted molar refractivity (Wildman–Crippen MR) is 102 cm³/mol. The highest BCUT2D eigenvalue weighted by Gasteiger charge is 2.35.